The topological polar surface area (TPSA) is 55.1 Å². The maximum atomic E-state index is 11.5. The summed E-state index contributed by atoms with van der Waals surface area (Å²) in [6.45, 7) is 0. The van der Waals surface area contributed by atoms with E-state index in [4.69, 9.17) is 17.3 Å². The summed E-state index contributed by atoms with van der Waals surface area (Å²) in [5.74, 6) is -0.417. The van der Waals surface area contributed by atoms with Crippen LogP contribution in [0.15, 0.2) is 40.2 Å². The summed E-state index contributed by atoms with van der Waals surface area (Å²) < 4.78 is 0.960. The monoisotopic (exact) mass is 344 g/mol. The van der Waals surface area contributed by atoms with Crippen LogP contribution in [0.4, 0.5) is 5.69 Å². The van der Waals surface area contributed by atoms with E-state index in [1.165, 1.54) is 11.3 Å². The molecule has 1 aromatic carbocycles. The fraction of sp³-hybridized carbons (Fsp3) is 0.0833. The van der Waals surface area contributed by atoms with Gasteiger partial charge in [-0.05, 0) is 52.3 Å². The molecule has 0 aliphatic rings. The summed E-state index contributed by atoms with van der Waals surface area (Å²) in [6.07, 6.45) is 0. The van der Waals surface area contributed by atoms with Crippen LogP contribution < -0.4 is 11.1 Å². The van der Waals surface area contributed by atoms with Crippen molar-refractivity contribution in [1.29, 1.82) is 0 Å². The number of halogens is 2. The number of carbonyl (C=O) groups excluding carboxylic acids is 1. The van der Waals surface area contributed by atoms with E-state index in [9.17, 15) is 4.79 Å². The summed E-state index contributed by atoms with van der Waals surface area (Å²) in [5, 5.41) is 3.74. The van der Waals surface area contributed by atoms with E-state index < -0.39 is 11.9 Å². The first kappa shape index (κ1) is 13.4. The van der Waals surface area contributed by atoms with Gasteiger partial charge in [0.05, 0.1) is 3.79 Å². The standard InChI is InChI=1S/C12H10BrClN2OS/c13-10-6-5-9(18-10)11(12(15)17)16-8-3-1-7(14)2-4-8/h1-6,11,16H,(H2,15,17). The van der Waals surface area contributed by atoms with Crippen LogP contribution in [0.25, 0.3) is 0 Å². The number of primary amides is 1. The molecule has 2 aromatic rings. The summed E-state index contributed by atoms with van der Waals surface area (Å²) in [4.78, 5) is 12.4. The zero-order valence-corrected chi connectivity index (χ0v) is 12.3. The molecule has 0 fully saturated rings. The van der Waals surface area contributed by atoms with Crippen molar-refractivity contribution in [3.63, 3.8) is 0 Å². The second-order valence-corrected chi connectivity index (χ2v) is 6.56. The van der Waals surface area contributed by atoms with Crippen LogP contribution in [0.1, 0.15) is 10.9 Å². The Bertz CT molecular complexity index is 555. The summed E-state index contributed by atoms with van der Waals surface area (Å²) in [5.41, 5.74) is 6.22. The zero-order chi connectivity index (χ0) is 13.1. The molecule has 0 saturated heterocycles. The summed E-state index contributed by atoms with van der Waals surface area (Å²) in [7, 11) is 0. The third kappa shape index (κ3) is 3.25. The van der Waals surface area contributed by atoms with Gasteiger partial charge in [-0.15, -0.1) is 11.3 Å². The Morgan fingerprint density at radius 3 is 2.44 bits per heavy atom. The number of carbonyl (C=O) groups is 1. The molecule has 94 valence electrons. The van der Waals surface area contributed by atoms with Crippen LogP contribution in [0.3, 0.4) is 0 Å². The zero-order valence-electron chi connectivity index (χ0n) is 9.19. The molecule has 0 radical (unpaired) electrons. The van der Waals surface area contributed by atoms with Gasteiger partial charge >= 0.3 is 0 Å². The molecule has 0 aliphatic heterocycles. The highest BCUT2D eigenvalue weighted by Crippen LogP contribution is 2.29. The van der Waals surface area contributed by atoms with Gasteiger partial charge in [0.2, 0.25) is 5.91 Å². The second kappa shape index (κ2) is 5.73. The SMILES string of the molecule is NC(=O)C(Nc1ccc(Cl)cc1)c1ccc(Br)s1. The molecule has 3 N–H and O–H groups in total. The van der Waals surface area contributed by atoms with Gasteiger partial charge in [0.25, 0.3) is 0 Å². The lowest BCUT2D eigenvalue weighted by molar-refractivity contribution is -0.118. The van der Waals surface area contributed by atoms with Gasteiger partial charge in [0.15, 0.2) is 0 Å². The minimum absolute atomic E-state index is 0.417. The Kier molecular flexibility index (Phi) is 4.27. The first-order chi connectivity index (χ1) is 8.56. The van der Waals surface area contributed by atoms with Crippen LogP contribution in [0.2, 0.25) is 5.02 Å². The molecule has 1 unspecified atom stereocenters. The van der Waals surface area contributed by atoms with Gasteiger partial charge < -0.3 is 11.1 Å². The average molecular weight is 346 g/mol. The van der Waals surface area contributed by atoms with Gasteiger partial charge in [-0.2, -0.15) is 0 Å². The van der Waals surface area contributed by atoms with E-state index in [1.807, 2.05) is 12.1 Å². The maximum absolute atomic E-state index is 11.5. The Labute approximate surface area is 122 Å². The molecule has 6 heteroatoms. The molecule has 0 bridgehead atoms. The number of thiophene rings is 1. The van der Waals surface area contributed by atoms with Gasteiger partial charge in [-0.1, -0.05) is 11.6 Å². The normalized spacial score (nSPS) is 12.1. The number of rotatable bonds is 4. The highest BCUT2D eigenvalue weighted by molar-refractivity contribution is 9.11. The van der Waals surface area contributed by atoms with Crippen LogP contribution in [0.5, 0.6) is 0 Å². The molecule has 1 atom stereocenters. The van der Waals surface area contributed by atoms with Crippen molar-refractivity contribution in [1.82, 2.24) is 0 Å². The van der Waals surface area contributed by atoms with E-state index in [0.717, 1.165) is 14.4 Å². The minimum atomic E-state index is -0.539. The molecule has 18 heavy (non-hydrogen) atoms. The molecule has 0 spiro atoms. The number of anilines is 1. The number of hydrogen-bond donors (Lipinski definition) is 2. The first-order valence-corrected chi connectivity index (χ1v) is 7.11. The Morgan fingerprint density at radius 1 is 1.28 bits per heavy atom. The molecular weight excluding hydrogens is 336 g/mol. The van der Waals surface area contributed by atoms with Gasteiger partial charge in [-0.3, -0.25) is 4.79 Å². The highest BCUT2D eigenvalue weighted by atomic mass is 79.9. The fourth-order valence-electron chi connectivity index (χ4n) is 1.48. The van der Waals surface area contributed by atoms with Crippen molar-refractivity contribution in [2.45, 2.75) is 6.04 Å². The van der Waals surface area contributed by atoms with E-state index in [1.54, 1.807) is 24.3 Å². The number of amides is 1. The van der Waals surface area contributed by atoms with Gasteiger partial charge in [0, 0.05) is 15.6 Å². The molecule has 1 amide bonds. The van der Waals surface area contributed by atoms with Crippen molar-refractivity contribution in [3.8, 4) is 0 Å². The molecule has 3 nitrogen and oxygen atoms in total. The van der Waals surface area contributed by atoms with Crippen LogP contribution >= 0.6 is 38.9 Å². The smallest absolute Gasteiger partial charge is 0.245 e. The second-order valence-electron chi connectivity index (χ2n) is 3.63. The third-order valence-electron chi connectivity index (χ3n) is 2.32. The molecule has 0 aliphatic carbocycles. The van der Waals surface area contributed by atoms with Gasteiger partial charge in [-0.25, -0.2) is 0 Å². The van der Waals surface area contributed by atoms with Crippen molar-refractivity contribution in [2.24, 2.45) is 5.73 Å². The van der Waals surface area contributed by atoms with E-state index in [2.05, 4.69) is 21.2 Å². The Hall–Kier alpha value is -1.04. The molecule has 0 saturated carbocycles. The predicted molar refractivity (Wildman–Crippen MR) is 79.0 cm³/mol. The van der Waals surface area contributed by atoms with Crippen LogP contribution in [0, 0.1) is 0 Å². The lowest BCUT2D eigenvalue weighted by Gasteiger charge is -2.15. The first-order valence-electron chi connectivity index (χ1n) is 5.13. The van der Waals surface area contributed by atoms with Crippen LogP contribution in [-0.2, 0) is 4.79 Å². The molecular formula is C12H10BrClN2OS. The maximum Gasteiger partial charge on any atom is 0.245 e. The number of benzene rings is 1. The van der Waals surface area contributed by atoms with E-state index in [0.29, 0.717) is 5.02 Å². The van der Waals surface area contributed by atoms with Crippen molar-refractivity contribution >= 4 is 50.5 Å². The summed E-state index contributed by atoms with van der Waals surface area (Å²) >= 11 is 10.6. The summed E-state index contributed by atoms with van der Waals surface area (Å²) in [6, 6.07) is 10.3. The van der Waals surface area contributed by atoms with Crippen molar-refractivity contribution in [2.75, 3.05) is 5.32 Å². The van der Waals surface area contributed by atoms with Crippen molar-refractivity contribution in [3.05, 3.63) is 50.1 Å². The lowest BCUT2D eigenvalue weighted by atomic mass is 10.2. The molecule has 1 heterocycles. The Morgan fingerprint density at radius 2 is 1.94 bits per heavy atom. The number of nitrogens with two attached hydrogens (primary N) is 1. The van der Waals surface area contributed by atoms with E-state index in [-0.39, 0.29) is 0 Å². The van der Waals surface area contributed by atoms with Crippen LogP contribution in [-0.4, -0.2) is 5.91 Å². The third-order valence-corrected chi connectivity index (χ3v) is 4.26. The van der Waals surface area contributed by atoms with Crippen molar-refractivity contribution < 1.29 is 4.79 Å². The lowest BCUT2D eigenvalue weighted by Crippen LogP contribution is -2.26. The molecule has 1 aromatic heterocycles. The Balaban J connectivity index is 2.22. The minimum Gasteiger partial charge on any atom is -0.369 e. The van der Waals surface area contributed by atoms with Gasteiger partial charge in [0.1, 0.15) is 6.04 Å². The fourth-order valence-corrected chi connectivity index (χ4v) is 3.09. The number of hydrogen-bond acceptors (Lipinski definition) is 3. The highest BCUT2D eigenvalue weighted by Gasteiger charge is 2.19. The predicted octanol–water partition coefficient (Wildman–Crippen LogP) is 3.80. The average Bonchev–Trinajstić information content (AvgIpc) is 2.74. The number of nitrogens with one attached hydrogen (secondary N) is 1. The quantitative estimate of drug-likeness (QED) is 0.885. The molecule has 2 rings (SSSR count). The van der Waals surface area contributed by atoms with E-state index >= 15 is 0 Å². The largest absolute Gasteiger partial charge is 0.369 e.